The lowest BCUT2D eigenvalue weighted by atomic mass is 9.92. The Morgan fingerprint density at radius 2 is 1.56 bits per heavy atom. The number of thioether (sulfide) groups is 1. The highest BCUT2D eigenvalue weighted by Gasteiger charge is 2.22. The summed E-state index contributed by atoms with van der Waals surface area (Å²) in [6, 6.07) is 1.57. The van der Waals surface area contributed by atoms with Gasteiger partial charge >= 0.3 is 0 Å². The largest absolute Gasteiger partial charge is 0.311 e. The van der Waals surface area contributed by atoms with Gasteiger partial charge in [-0.05, 0) is 50.0 Å². The van der Waals surface area contributed by atoms with Crippen LogP contribution < -0.4 is 5.32 Å². The molecule has 0 aromatic carbocycles. The molecule has 0 aromatic rings. The molecule has 1 aliphatic heterocycles. The van der Waals surface area contributed by atoms with E-state index in [0.29, 0.717) is 0 Å². The molecule has 1 nitrogen and oxygen atoms in total. The predicted octanol–water partition coefficient (Wildman–Crippen LogP) is 3.83. The molecule has 1 saturated carbocycles. The maximum atomic E-state index is 3.90. The van der Waals surface area contributed by atoms with Crippen LogP contribution in [0.1, 0.15) is 58.3 Å². The molecule has 0 bridgehead atoms. The summed E-state index contributed by atoms with van der Waals surface area (Å²) in [6.07, 6.45) is 11.6. The van der Waals surface area contributed by atoms with E-state index in [0.717, 1.165) is 18.0 Å². The molecule has 2 fully saturated rings. The van der Waals surface area contributed by atoms with Crippen molar-refractivity contribution in [3.63, 3.8) is 0 Å². The lowest BCUT2D eigenvalue weighted by Crippen LogP contribution is -2.42. The Bertz CT molecular complexity index is 181. The first-order chi connectivity index (χ1) is 7.86. The van der Waals surface area contributed by atoms with Crippen LogP contribution in [0.3, 0.4) is 0 Å². The quantitative estimate of drug-likeness (QED) is 0.754. The van der Waals surface area contributed by atoms with Crippen molar-refractivity contribution < 1.29 is 0 Å². The minimum absolute atomic E-state index is 0.756. The summed E-state index contributed by atoms with van der Waals surface area (Å²) in [5.74, 6) is 3.70. The van der Waals surface area contributed by atoms with E-state index in [4.69, 9.17) is 0 Å². The minimum Gasteiger partial charge on any atom is -0.311 e. The summed E-state index contributed by atoms with van der Waals surface area (Å²) in [4.78, 5) is 0. The standard InChI is InChI=1S/C14H27NS/c1-12(13-6-4-2-3-5-7-13)15-14-8-10-16-11-9-14/h12-15H,2-11H2,1H3/t12-/m1/s1. The molecule has 0 radical (unpaired) electrons. The van der Waals surface area contributed by atoms with Gasteiger partial charge in [-0.25, -0.2) is 0 Å². The van der Waals surface area contributed by atoms with Crippen LogP contribution in [0.4, 0.5) is 0 Å². The number of nitrogens with one attached hydrogen (secondary N) is 1. The molecule has 0 amide bonds. The van der Waals surface area contributed by atoms with Crippen molar-refractivity contribution in [2.24, 2.45) is 5.92 Å². The molecule has 0 spiro atoms. The number of hydrogen-bond donors (Lipinski definition) is 1. The second-order valence-electron chi connectivity index (χ2n) is 5.59. The zero-order valence-corrected chi connectivity index (χ0v) is 11.5. The van der Waals surface area contributed by atoms with Crippen LogP contribution in [-0.2, 0) is 0 Å². The fraction of sp³-hybridized carbons (Fsp3) is 1.00. The Labute approximate surface area is 105 Å². The van der Waals surface area contributed by atoms with E-state index in [1.54, 1.807) is 0 Å². The molecule has 0 unspecified atom stereocenters. The van der Waals surface area contributed by atoms with Gasteiger partial charge in [0.2, 0.25) is 0 Å². The van der Waals surface area contributed by atoms with Gasteiger partial charge in [-0.15, -0.1) is 0 Å². The first-order valence-electron chi connectivity index (χ1n) is 7.20. The van der Waals surface area contributed by atoms with Gasteiger partial charge in [0.25, 0.3) is 0 Å². The molecule has 94 valence electrons. The molecule has 1 N–H and O–H groups in total. The molecule has 2 aliphatic rings. The van der Waals surface area contributed by atoms with Crippen LogP contribution in [0.15, 0.2) is 0 Å². The molecular formula is C14H27NS. The van der Waals surface area contributed by atoms with Crippen molar-refractivity contribution in [1.82, 2.24) is 5.32 Å². The topological polar surface area (TPSA) is 12.0 Å². The fourth-order valence-corrected chi connectivity index (χ4v) is 4.29. The fourth-order valence-electron chi connectivity index (χ4n) is 3.18. The molecule has 1 aliphatic carbocycles. The van der Waals surface area contributed by atoms with Gasteiger partial charge in [-0.1, -0.05) is 25.7 Å². The average molecular weight is 241 g/mol. The SMILES string of the molecule is C[C@@H](NC1CCSCC1)C1CCCCCC1. The lowest BCUT2D eigenvalue weighted by Gasteiger charge is -2.30. The first-order valence-corrected chi connectivity index (χ1v) is 8.35. The Morgan fingerprint density at radius 3 is 2.19 bits per heavy atom. The van der Waals surface area contributed by atoms with Crippen LogP contribution in [0.5, 0.6) is 0 Å². The molecular weight excluding hydrogens is 214 g/mol. The van der Waals surface area contributed by atoms with E-state index < -0.39 is 0 Å². The summed E-state index contributed by atoms with van der Waals surface area (Å²) in [5, 5.41) is 3.90. The molecule has 1 atom stereocenters. The number of rotatable bonds is 3. The van der Waals surface area contributed by atoms with Gasteiger partial charge in [0.1, 0.15) is 0 Å². The maximum Gasteiger partial charge on any atom is 0.00853 e. The smallest absolute Gasteiger partial charge is 0.00853 e. The second-order valence-corrected chi connectivity index (χ2v) is 6.82. The van der Waals surface area contributed by atoms with Crippen LogP contribution in [-0.4, -0.2) is 23.6 Å². The third-order valence-corrected chi connectivity index (χ3v) is 5.38. The normalized spacial score (nSPS) is 27.6. The highest BCUT2D eigenvalue weighted by atomic mass is 32.2. The summed E-state index contributed by atoms with van der Waals surface area (Å²) in [5.41, 5.74) is 0. The van der Waals surface area contributed by atoms with Gasteiger partial charge in [-0.3, -0.25) is 0 Å². The second kappa shape index (κ2) is 6.90. The first kappa shape index (κ1) is 12.8. The highest BCUT2D eigenvalue weighted by molar-refractivity contribution is 7.99. The van der Waals surface area contributed by atoms with Crippen LogP contribution in [0.2, 0.25) is 0 Å². The van der Waals surface area contributed by atoms with Crippen LogP contribution in [0, 0.1) is 5.92 Å². The average Bonchev–Trinajstić information content (AvgIpc) is 2.59. The lowest BCUT2D eigenvalue weighted by molar-refractivity contribution is 0.301. The van der Waals surface area contributed by atoms with E-state index >= 15 is 0 Å². The van der Waals surface area contributed by atoms with Gasteiger partial charge in [0, 0.05) is 12.1 Å². The Hall–Kier alpha value is 0.310. The van der Waals surface area contributed by atoms with Crippen molar-refractivity contribution in [2.45, 2.75) is 70.4 Å². The van der Waals surface area contributed by atoms with Crippen molar-refractivity contribution >= 4 is 11.8 Å². The maximum absolute atomic E-state index is 3.90. The van der Waals surface area contributed by atoms with Crippen molar-refractivity contribution in [3.05, 3.63) is 0 Å². The van der Waals surface area contributed by atoms with Crippen molar-refractivity contribution in [2.75, 3.05) is 11.5 Å². The van der Waals surface area contributed by atoms with Gasteiger partial charge in [0.05, 0.1) is 0 Å². The molecule has 1 saturated heterocycles. The molecule has 2 heteroatoms. The van der Waals surface area contributed by atoms with E-state index in [1.807, 2.05) is 0 Å². The zero-order valence-electron chi connectivity index (χ0n) is 10.7. The van der Waals surface area contributed by atoms with E-state index in [2.05, 4.69) is 24.0 Å². The number of hydrogen-bond acceptors (Lipinski definition) is 2. The Balaban J connectivity index is 1.74. The van der Waals surface area contributed by atoms with E-state index in [-0.39, 0.29) is 0 Å². The van der Waals surface area contributed by atoms with Crippen molar-refractivity contribution in [1.29, 1.82) is 0 Å². The molecule has 2 rings (SSSR count). The summed E-state index contributed by atoms with van der Waals surface area (Å²) < 4.78 is 0. The summed E-state index contributed by atoms with van der Waals surface area (Å²) >= 11 is 2.12. The van der Waals surface area contributed by atoms with Gasteiger partial charge < -0.3 is 5.32 Å². The van der Waals surface area contributed by atoms with Crippen LogP contribution >= 0.6 is 11.8 Å². The summed E-state index contributed by atoms with van der Waals surface area (Å²) in [7, 11) is 0. The van der Waals surface area contributed by atoms with E-state index in [1.165, 1.54) is 62.9 Å². The monoisotopic (exact) mass is 241 g/mol. The van der Waals surface area contributed by atoms with Gasteiger partial charge in [-0.2, -0.15) is 11.8 Å². The molecule has 0 aromatic heterocycles. The van der Waals surface area contributed by atoms with Gasteiger partial charge in [0.15, 0.2) is 0 Å². The summed E-state index contributed by atoms with van der Waals surface area (Å²) in [6.45, 7) is 2.43. The third kappa shape index (κ3) is 3.96. The molecule has 16 heavy (non-hydrogen) atoms. The van der Waals surface area contributed by atoms with Crippen molar-refractivity contribution in [3.8, 4) is 0 Å². The minimum atomic E-state index is 0.756. The predicted molar refractivity (Wildman–Crippen MR) is 74.1 cm³/mol. The third-order valence-electron chi connectivity index (χ3n) is 4.33. The zero-order chi connectivity index (χ0) is 11.2. The Kier molecular flexibility index (Phi) is 5.51. The Morgan fingerprint density at radius 1 is 0.938 bits per heavy atom. The van der Waals surface area contributed by atoms with Crippen LogP contribution in [0.25, 0.3) is 0 Å². The van der Waals surface area contributed by atoms with E-state index in [9.17, 15) is 0 Å². The molecule has 1 heterocycles. The highest BCUT2D eigenvalue weighted by Crippen LogP contribution is 2.26.